The number of para-hydroxylation sites is 1. The van der Waals surface area contributed by atoms with E-state index in [2.05, 4.69) is 5.32 Å². The van der Waals surface area contributed by atoms with Crippen LogP contribution in [0.25, 0.3) is 0 Å². The number of nitro benzene ring substituents is 1. The average molecular weight is 1320 g/mol. The van der Waals surface area contributed by atoms with Gasteiger partial charge in [-0.2, -0.15) is 0 Å². The Morgan fingerprint density at radius 1 is 0.814 bits per heavy atom. The zero-order valence-electron chi connectivity index (χ0n) is 47.3. The summed E-state index contributed by atoms with van der Waals surface area (Å²) in [4.78, 5) is 128. The average Bonchev–Trinajstić information content (AvgIpc) is 0.687. The lowest BCUT2D eigenvalue weighted by molar-refractivity contribution is -0.385. The van der Waals surface area contributed by atoms with E-state index in [1.165, 1.54) is 94.4 Å². The first kappa shape index (κ1) is 67.3. The molecule has 3 aliphatic carbocycles. The number of nitrogens with zero attached hydrogens (tertiary/aromatic N) is 1. The van der Waals surface area contributed by atoms with Gasteiger partial charge in [0.2, 0.25) is 13.7 Å². The third kappa shape index (κ3) is 14.7. The lowest BCUT2D eigenvalue weighted by Gasteiger charge is -2.67. The molecule has 3 aromatic rings. The highest BCUT2D eigenvalue weighted by molar-refractivity contribution is 6.68. The van der Waals surface area contributed by atoms with Gasteiger partial charge in [-0.15, -0.1) is 0 Å². The minimum absolute atomic E-state index is 0.107. The van der Waals surface area contributed by atoms with Crippen LogP contribution >= 0.6 is 69.6 Å². The first-order chi connectivity index (χ1) is 39.9. The maximum atomic E-state index is 16.6. The van der Waals surface area contributed by atoms with Gasteiger partial charge in [-0.1, -0.05) is 150 Å². The van der Waals surface area contributed by atoms with Crippen LogP contribution in [-0.2, 0) is 73.0 Å². The second-order valence-electron chi connectivity index (χ2n) is 22.6. The van der Waals surface area contributed by atoms with E-state index < -0.39 is 182 Å². The molecule has 466 valence electrons. The number of halogens is 6. The molecule has 2 N–H and O–H groups in total. The number of hydrogen-bond donors (Lipinski definition) is 2. The predicted molar refractivity (Wildman–Crippen MR) is 305 cm³/mol. The first-order valence-corrected chi connectivity index (χ1v) is 28.7. The van der Waals surface area contributed by atoms with Crippen LogP contribution in [0.2, 0.25) is 0 Å². The molecule has 1 amide bonds. The molecule has 23 nitrogen and oxygen atoms in total. The number of nitrogens with one attached hydrogen (secondary N) is 1. The highest BCUT2D eigenvalue weighted by Crippen LogP contribution is 2.65. The van der Waals surface area contributed by atoms with E-state index in [1.54, 1.807) is 32.9 Å². The molecule has 4 aliphatic rings. The number of amides is 1. The molecule has 29 heteroatoms. The zero-order valence-corrected chi connectivity index (χ0v) is 51.8. The number of alkyl halides is 6. The number of benzene rings is 3. The Labute approximate surface area is 522 Å². The SMILES string of the molecule is CC(=O)O[C@@]12CO[C@@H]1C[C@H](OC(=O)OCC(Cl)(Cl)Cl)[C@@]1(C)C(=O)[C@H](OC(=O)OCC(Cl)(Cl)Cl)C3=C(C)[C@@H](OC(=O)[C@H](OC(=O)Cc4ccccc4[N+](=O)[O-])[C@@H](NC(=O)OC(C)(C)C)c4ccccc4)C[C@@](O)([C@@H](OC(=O)c4ccccc4)[C@H]21)C3(C)C. The van der Waals surface area contributed by atoms with Gasteiger partial charge in [0.05, 0.1) is 34.8 Å². The van der Waals surface area contributed by atoms with Gasteiger partial charge in [-0.3, -0.25) is 24.5 Å². The molecule has 2 saturated carbocycles. The Morgan fingerprint density at radius 2 is 1.38 bits per heavy atom. The molecular formula is C57H60Cl6N2O21. The second kappa shape index (κ2) is 25.9. The quantitative estimate of drug-likeness (QED) is 0.0336. The summed E-state index contributed by atoms with van der Waals surface area (Å²) in [5.41, 5.74) is -11.7. The highest BCUT2D eigenvalue weighted by atomic mass is 35.6. The van der Waals surface area contributed by atoms with Crippen LogP contribution < -0.4 is 5.32 Å². The van der Waals surface area contributed by atoms with Gasteiger partial charge in [0.1, 0.15) is 54.9 Å². The van der Waals surface area contributed by atoms with E-state index in [-0.39, 0.29) is 27.8 Å². The topological polar surface area (TPSA) is 304 Å². The summed E-state index contributed by atoms with van der Waals surface area (Å²) in [6.07, 6.45) is -18.3. The smallest absolute Gasteiger partial charge is 0.455 e. The first-order valence-electron chi connectivity index (χ1n) is 26.4. The number of aliphatic hydroxyl groups is 1. The van der Waals surface area contributed by atoms with Crippen LogP contribution in [0.3, 0.4) is 0 Å². The monoisotopic (exact) mass is 1320 g/mol. The molecule has 0 radical (unpaired) electrons. The van der Waals surface area contributed by atoms with Crippen LogP contribution in [-0.4, -0.2) is 139 Å². The van der Waals surface area contributed by atoms with Gasteiger partial charge in [-0.25, -0.2) is 24.0 Å². The number of rotatable bonds is 16. The maximum Gasteiger partial charge on any atom is 0.509 e. The molecular weight excluding hydrogens is 1260 g/mol. The van der Waals surface area contributed by atoms with E-state index in [1.807, 2.05) is 0 Å². The third-order valence-corrected chi connectivity index (χ3v) is 16.1. The van der Waals surface area contributed by atoms with Gasteiger partial charge >= 0.3 is 42.3 Å². The third-order valence-electron chi connectivity index (χ3n) is 15.4. The van der Waals surface area contributed by atoms with E-state index >= 15 is 9.59 Å². The fraction of sp³-hybridized carbons (Fsp3) is 0.509. The van der Waals surface area contributed by atoms with E-state index in [9.17, 15) is 44.0 Å². The normalized spacial score (nSPS) is 26.6. The van der Waals surface area contributed by atoms with Gasteiger partial charge in [0, 0.05) is 36.8 Å². The van der Waals surface area contributed by atoms with Crippen molar-refractivity contribution in [1.29, 1.82) is 0 Å². The molecule has 3 aromatic carbocycles. The summed E-state index contributed by atoms with van der Waals surface area (Å²) < 4.78 is 54.5. The van der Waals surface area contributed by atoms with Gasteiger partial charge < -0.3 is 57.8 Å². The van der Waals surface area contributed by atoms with Gasteiger partial charge in [0.25, 0.3) is 5.69 Å². The molecule has 0 aromatic heterocycles. The van der Waals surface area contributed by atoms with Crippen LogP contribution in [0.4, 0.5) is 20.1 Å². The van der Waals surface area contributed by atoms with Crippen molar-refractivity contribution in [2.75, 3.05) is 19.8 Å². The Bertz CT molecular complexity index is 3150. The molecule has 1 heterocycles. The molecule has 2 bridgehead atoms. The van der Waals surface area contributed by atoms with Crippen molar-refractivity contribution >= 4 is 123 Å². The minimum Gasteiger partial charge on any atom is -0.455 e. The molecule has 0 spiro atoms. The summed E-state index contributed by atoms with van der Waals surface area (Å²) >= 11 is 35.7. The lowest BCUT2D eigenvalue weighted by Crippen LogP contribution is -2.82. The maximum absolute atomic E-state index is 16.6. The number of carbonyl (C=O) groups excluding carboxylic acids is 8. The fourth-order valence-corrected chi connectivity index (χ4v) is 12.0. The standard InChI is InChI=1S/C57H60Cl6N2O21/c1-29-35(80-47(70)42(82-38(67)23-33-21-15-16-22-34(33)65(75)76)40(31-17-11-9-12-18-31)64-48(71)86-51(3,4)5)25-55(74)45(84-46(69)32-19-13-10-14-20-32)43-53(8,44(68)41(39(29)52(55,6)7)83-50(73)79-28-57(61,62)63)36(81-49(72)78-27-56(58,59)60)24-37-54(43,26-77-37)85-30(2)66/h9-22,35-37,40-43,45,74H,23-28H2,1-8H3,(H,64,71)/t35-,36-,37+,40-,41+,42+,43-,45-,53+,54-,55+/m0/s1. The summed E-state index contributed by atoms with van der Waals surface area (Å²) in [5.74, 6) is -7.97. The van der Waals surface area contributed by atoms with E-state index in [0.717, 1.165) is 13.0 Å². The van der Waals surface area contributed by atoms with Crippen molar-refractivity contribution in [3.05, 3.63) is 123 Å². The molecule has 11 atom stereocenters. The van der Waals surface area contributed by atoms with Gasteiger partial charge in [0.15, 0.2) is 17.5 Å². The minimum atomic E-state index is -2.79. The number of nitro groups is 1. The van der Waals surface area contributed by atoms with Crippen molar-refractivity contribution < 1.29 is 95.8 Å². The lowest BCUT2D eigenvalue weighted by atomic mass is 9.44. The Balaban J connectivity index is 1.48. The molecule has 1 aliphatic heterocycles. The van der Waals surface area contributed by atoms with Crippen LogP contribution in [0.1, 0.15) is 95.8 Å². The summed E-state index contributed by atoms with van der Waals surface area (Å²) in [7, 11) is 0. The Kier molecular flexibility index (Phi) is 20.3. The number of esters is 4. The van der Waals surface area contributed by atoms with Crippen molar-refractivity contribution in [2.24, 2.45) is 16.7 Å². The van der Waals surface area contributed by atoms with Crippen molar-refractivity contribution in [1.82, 2.24) is 5.32 Å². The number of Topliss-reactive ketones (excluding diaryl/α,β-unsaturated/α-hetero) is 1. The summed E-state index contributed by atoms with van der Waals surface area (Å²) in [6, 6.07) is 18.5. The Morgan fingerprint density at radius 3 is 1.93 bits per heavy atom. The highest BCUT2D eigenvalue weighted by Gasteiger charge is 2.79. The predicted octanol–water partition coefficient (Wildman–Crippen LogP) is 10.0. The van der Waals surface area contributed by atoms with E-state index in [0.29, 0.717) is 0 Å². The summed E-state index contributed by atoms with van der Waals surface area (Å²) in [6.45, 7) is 8.61. The number of ketones is 1. The molecule has 86 heavy (non-hydrogen) atoms. The van der Waals surface area contributed by atoms with Crippen LogP contribution in [0, 0.1) is 26.9 Å². The number of carbonyl (C=O) groups is 8. The number of fused-ring (bicyclic) bond motifs is 5. The van der Waals surface area contributed by atoms with Gasteiger partial charge in [-0.05, 0) is 63.5 Å². The number of ether oxygens (including phenoxy) is 10. The molecule has 7 rings (SSSR count). The van der Waals surface area contributed by atoms with Crippen molar-refractivity contribution in [3.63, 3.8) is 0 Å². The fourth-order valence-electron chi connectivity index (χ4n) is 11.6. The van der Waals surface area contributed by atoms with Crippen LogP contribution in [0.15, 0.2) is 96.1 Å². The molecule has 0 unspecified atom stereocenters. The van der Waals surface area contributed by atoms with Crippen molar-refractivity contribution in [3.8, 4) is 0 Å². The number of alkyl carbamates (subject to hydrolysis) is 1. The zero-order chi connectivity index (χ0) is 63.7. The number of hydrogen-bond acceptors (Lipinski definition) is 21. The van der Waals surface area contributed by atoms with E-state index in [4.69, 9.17) is 117 Å². The molecule has 3 fully saturated rings. The second-order valence-corrected chi connectivity index (χ2v) is 27.6. The van der Waals surface area contributed by atoms with Crippen LogP contribution in [0.5, 0.6) is 0 Å². The largest absolute Gasteiger partial charge is 0.509 e. The Hall–Kier alpha value is -6.18. The summed E-state index contributed by atoms with van der Waals surface area (Å²) in [5, 5.41) is 29.0. The van der Waals surface area contributed by atoms with Crippen molar-refractivity contribution in [2.45, 2.75) is 142 Å². The molecule has 1 saturated heterocycles.